The summed E-state index contributed by atoms with van der Waals surface area (Å²) < 4.78 is 0. The molecule has 0 aromatic rings. The second-order valence-corrected chi connectivity index (χ2v) is 9.00. The van der Waals surface area contributed by atoms with E-state index in [4.69, 9.17) is 0 Å². The summed E-state index contributed by atoms with van der Waals surface area (Å²) in [5, 5.41) is 0. The van der Waals surface area contributed by atoms with Gasteiger partial charge in [0.15, 0.2) is 0 Å². The fraction of sp³-hybridized carbons (Fsp3) is 1.00. The quantitative estimate of drug-likeness (QED) is 0.303. The highest BCUT2D eigenvalue weighted by molar-refractivity contribution is 4.67. The first kappa shape index (κ1) is 22.0. The summed E-state index contributed by atoms with van der Waals surface area (Å²) in [6, 6.07) is 0. The van der Waals surface area contributed by atoms with Crippen molar-refractivity contribution in [3.8, 4) is 0 Å². The topological polar surface area (TPSA) is 0 Å². The molecule has 0 amide bonds. The van der Waals surface area contributed by atoms with Crippen molar-refractivity contribution >= 4 is 0 Å². The van der Waals surface area contributed by atoms with Gasteiger partial charge in [0.2, 0.25) is 0 Å². The van der Waals surface area contributed by atoms with Gasteiger partial charge in [0, 0.05) is 0 Å². The molecule has 0 bridgehead atoms. The maximum absolute atomic E-state index is 2.46. The molecular formula is C22H46. The van der Waals surface area contributed by atoms with Crippen LogP contribution in [0.2, 0.25) is 0 Å². The van der Waals surface area contributed by atoms with Gasteiger partial charge in [-0.2, -0.15) is 0 Å². The van der Waals surface area contributed by atoms with Gasteiger partial charge in [0.05, 0.1) is 0 Å². The summed E-state index contributed by atoms with van der Waals surface area (Å²) in [6.45, 7) is 16.8. The van der Waals surface area contributed by atoms with E-state index >= 15 is 0 Å². The van der Waals surface area contributed by atoms with Crippen molar-refractivity contribution in [2.45, 2.75) is 119 Å². The first-order chi connectivity index (χ1) is 10.3. The van der Waals surface area contributed by atoms with Gasteiger partial charge in [-0.3, -0.25) is 0 Å². The minimum Gasteiger partial charge on any atom is -0.0651 e. The second-order valence-electron chi connectivity index (χ2n) is 9.00. The number of hydrogen-bond donors (Lipinski definition) is 0. The molecule has 0 nitrogen and oxygen atoms in total. The van der Waals surface area contributed by atoms with Gasteiger partial charge in [-0.25, -0.2) is 0 Å². The molecule has 0 aliphatic rings. The molecule has 0 N–H and O–H groups in total. The summed E-state index contributed by atoms with van der Waals surface area (Å²) in [5.74, 6) is 2.80. The molecule has 0 heteroatoms. The molecule has 0 saturated carbocycles. The van der Waals surface area contributed by atoms with E-state index in [2.05, 4.69) is 48.5 Å². The Morgan fingerprint density at radius 1 is 0.636 bits per heavy atom. The second kappa shape index (κ2) is 12.4. The van der Waals surface area contributed by atoms with Gasteiger partial charge in [-0.15, -0.1) is 0 Å². The summed E-state index contributed by atoms with van der Waals surface area (Å²) in [6.07, 6.45) is 15.6. The molecule has 0 radical (unpaired) electrons. The molecule has 0 spiro atoms. The smallest absolute Gasteiger partial charge is 0.0357 e. The Hall–Kier alpha value is 0. The average Bonchev–Trinajstić information content (AvgIpc) is 2.46. The molecule has 0 aromatic heterocycles. The molecule has 0 aliphatic heterocycles. The lowest BCUT2D eigenvalue weighted by molar-refractivity contribution is 0.293. The Kier molecular flexibility index (Phi) is 12.4. The Bertz CT molecular complexity index is 240. The van der Waals surface area contributed by atoms with Gasteiger partial charge in [0.1, 0.15) is 0 Å². The Balaban J connectivity index is 3.56. The first-order valence-corrected chi connectivity index (χ1v) is 10.3. The van der Waals surface area contributed by atoms with Crippen LogP contribution in [0, 0.1) is 23.2 Å². The van der Waals surface area contributed by atoms with Crippen LogP contribution < -0.4 is 0 Å². The van der Waals surface area contributed by atoms with Crippen molar-refractivity contribution in [1.29, 1.82) is 0 Å². The molecule has 0 fully saturated rings. The molecule has 0 saturated heterocycles. The van der Waals surface area contributed by atoms with Crippen LogP contribution in [0.5, 0.6) is 0 Å². The Labute approximate surface area is 142 Å². The van der Waals surface area contributed by atoms with Gasteiger partial charge in [0.25, 0.3) is 0 Å². The van der Waals surface area contributed by atoms with Gasteiger partial charge >= 0.3 is 0 Å². The van der Waals surface area contributed by atoms with Gasteiger partial charge < -0.3 is 0 Å². The van der Waals surface area contributed by atoms with Crippen molar-refractivity contribution in [3.05, 3.63) is 0 Å². The minimum atomic E-state index is 0.559. The van der Waals surface area contributed by atoms with Gasteiger partial charge in [-0.05, 0) is 29.6 Å². The lowest BCUT2D eigenvalue weighted by atomic mass is 9.83. The zero-order chi connectivity index (χ0) is 17.0. The summed E-state index contributed by atoms with van der Waals surface area (Å²) in [7, 11) is 0. The third-order valence-electron chi connectivity index (χ3n) is 5.99. The van der Waals surface area contributed by atoms with E-state index in [-0.39, 0.29) is 0 Å². The van der Waals surface area contributed by atoms with Crippen LogP contribution in [-0.4, -0.2) is 0 Å². The standard InChI is InChI=1S/C22H46/c1-8-19(3)13-10-14-20(4)15-11-16-21(5)17-12-18-22(6,7)9-2/h19-21H,8-18H2,1-7H3. The summed E-state index contributed by atoms with van der Waals surface area (Å²) in [5.41, 5.74) is 0.559. The highest BCUT2D eigenvalue weighted by Gasteiger charge is 2.15. The predicted molar refractivity (Wildman–Crippen MR) is 103 cm³/mol. The van der Waals surface area contributed by atoms with Crippen molar-refractivity contribution < 1.29 is 0 Å². The lowest BCUT2D eigenvalue weighted by Crippen LogP contribution is -2.10. The van der Waals surface area contributed by atoms with Crippen LogP contribution in [0.15, 0.2) is 0 Å². The average molecular weight is 311 g/mol. The van der Waals surface area contributed by atoms with E-state index in [1.807, 2.05) is 0 Å². The summed E-state index contributed by atoms with van der Waals surface area (Å²) in [4.78, 5) is 0. The van der Waals surface area contributed by atoms with Crippen LogP contribution in [-0.2, 0) is 0 Å². The van der Waals surface area contributed by atoms with E-state index in [9.17, 15) is 0 Å². The highest BCUT2D eigenvalue weighted by Crippen LogP contribution is 2.29. The normalized spacial score (nSPS) is 16.5. The van der Waals surface area contributed by atoms with Crippen LogP contribution in [0.4, 0.5) is 0 Å². The molecule has 0 rings (SSSR count). The minimum absolute atomic E-state index is 0.559. The molecule has 0 aromatic carbocycles. The molecule has 3 atom stereocenters. The zero-order valence-electron chi connectivity index (χ0n) is 17.0. The van der Waals surface area contributed by atoms with Crippen LogP contribution in [0.1, 0.15) is 119 Å². The van der Waals surface area contributed by atoms with E-state index in [0.717, 1.165) is 17.8 Å². The van der Waals surface area contributed by atoms with Crippen molar-refractivity contribution in [2.24, 2.45) is 23.2 Å². The third-order valence-corrected chi connectivity index (χ3v) is 5.99. The predicted octanol–water partition coefficient (Wildman–Crippen LogP) is 8.25. The summed E-state index contributed by atoms with van der Waals surface area (Å²) >= 11 is 0. The fourth-order valence-electron chi connectivity index (χ4n) is 3.23. The van der Waals surface area contributed by atoms with E-state index < -0.39 is 0 Å². The van der Waals surface area contributed by atoms with Crippen LogP contribution in [0.3, 0.4) is 0 Å². The monoisotopic (exact) mass is 310 g/mol. The zero-order valence-corrected chi connectivity index (χ0v) is 17.0. The van der Waals surface area contributed by atoms with Crippen LogP contribution in [0.25, 0.3) is 0 Å². The van der Waals surface area contributed by atoms with Crippen molar-refractivity contribution in [3.63, 3.8) is 0 Å². The number of hydrogen-bond acceptors (Lipinski definition) is 0. The van der Waals surface area contributed by atoms with E-state index in [1.165, 1.54) is 70.6 Å². The molecule has 3 unspecified atom stereocenters. The van der Waals surface area contributed by atoms with Gasteiger partial charge in [-0.1, -0.05) is 113 Å². The molecule has 22 heavy (non-hydrogen) atoms. The maximum Gasteiger partial charge on any atom is -0.0357 e. The molecule has 134 valence electrons. The van der Waals surface area contributed by atoms with E-state index in [1.54, 1.807) is 0 Å². The Morgan fingerprint density at radius 2 is 1.05 bits per heavy atom. The number of rotatable bonds is 14. The van der Waals surface area contributed by atoms with Crippen LogP contribution >= 0.6 is 0 Å². The van der Waals surface area contributed by atoms with Crippen molar-refractivity contribution in [1.82, 2.24) is 0 Å². The molecule has 0 heterocycles. The SMILES string of the molecule is CCC(C)CCCC(C)CCCC(C)CCCC(C)(C)CC. The molecular weight excluding hydrogens is 264 g/mol. The highest BCUT2D eigenvalue weighted by atomic mass is 14.2. The van der Waals surface area contributed by atoms with E-state index in [0.29, 0.717) is 5.41 Å². The maximum atomic E-state index is 2.46. The Morgan fingerprint density at radius 3 is 1.45 bits per heavy atom. The molecule has 0 aliphatic carbocycles. The fourth-order valence-corrected chi connectivity index (χ4v) is 3.23. The first-order valence-electron chi connectivity index (χ1n) is 10.3. The lowest BCUT2D eigenvalue weighted by Gasteiger charge is -2.23. The largest absolute Gasteiger partial charge is 0.0651 e. The van der Waals surface area contributed by atoms with Crippen molar-refractivity contribution in [2.75, 3.05) is 0 Å². The third kappa shape index (κ3) is 12.5.